The third kappa shape index (κ3) is 3.43. The van der Waals surface area contributed by atoms with Crippen molar-refractivity contribution in [3.63, 3.8) is 0 Å². The highest BCUT2D eigenvalue weighted by Crippen LogP contribution is 2.22. The minimum absolute atomic E-state index is 0.0604. The molecule has 25 heavy (non-hydrogen) atoms. The molecule has 0 radical (unpaired) electrons. The normalized spacial score (nSPS) is 15.6. The summed E-state index contributed by atoms with van der Waals surface area (Å²) in [6.45, 7) is 1.38. The number of hydrogen-bond donors (Lipinski definition) is 3. The highest BCUT2D eigenvalue weighted by Gasteiger charge is 2.34. The van der Waals surface area contributed by atoms with Gasteiger partial charge in [0.05, 0.1) is 29.4 Å². The molecular formula is C16H18ClFN6O. The molecule has 9 heteroatoms. The van der Waals surface area contributed by atoms with E-state index in [4.69, 9.17) is 17.0 Å². The molecule has 0 saturated carbocycles. The van der Waals surface area contributed by atoms with Crippen molar-refractivity contribution >= 4 is 29.4 Å². The lowest BCUT2D eigenvalue weighted by Gasteiger charge is -2.41. The zero-order valence-electron chi connectivity index (χ0n) is 13.6. The Morgan fingerprint density at radius 1 is 1.56 bits per heavy atom. The van der Waals surface area contributed by atoms with Crippen molar-refractivity contribution in [3.8, 4) is 0 Å². The summed E-state index contributed by atoms with van der Waals surface area (Å²) in [6.07, 6.45) is 4.27. The Labute approximate surface area is 149 Å². The standard InChI is InChI=1S/C16H18ClFN6O/c1-20-15(13(17)5-19)23-8-10(9-23)16(25)22-7-12-6-21-14-4-11(18)2-3-24(12)14/h2-6,10,19-20H,7-9H2,1H3,(H,22,25)/b15-13-,19-5?. The monoisotopic (exact) mass is 364 g/mol. The number of rotatable bonds is 6. The van der Waals surface area contributed by atoms with Crippen molar-refractivity contribution < 1.29 is 9.18 Å². The van der Waals surface area contributed by atoms with Crippen LogP contribution < -0.4 is 10.6 Å². The Kier molecular flexibility index (Phi) is 4.89. The Morgan fingerprint density at radius 3 is 3.00 bits per heavy atom. The lowest BCUT2D eigenvalue weighted by molar-refractivity contribution is -0.129. The molecule has 3 N–H and O–H groups in total. The first kappa shape index (κ1) is 17.2. The van der Waals surface area contributed by atoms with Crippen molar-refractivity contribution in [2.45, 2.75) is 6.54 Å². The largest absolute Gasteiger partial charge is 0.374 e. The van der Waals surface area contributed by atoms with Crippen molar-refractivity contribution in [2.75, 3.05) is 20.1 Å². The van der Waals surface area contributed by atoms with Crippen LogP contribution in [0.3, 0.4) is 0 Å². The minimum Gasteiger partial charge on any atom is -0.374 e. The zero-order chi connectivity index (χ0) is 18.0. The maximum atomic E-state index is 13.2. The molecule has 3 rings (SSSR count). The second kappa shape index (κ2) is 7.10. The fourth-order valence-corrected chi connectivity index (χ4v) is 3.00. The van der Waals surface area contributed by atoms with E-state index >= 15 is 0 Å². The molecule has 1 aliphatic heterocycles. The summed E-state index contributed by atoms with van der Waals surface area (Å²) >= 11 is 5.96. The summed E-state index contributed by atoms with van der Waals surface area (Å²) in [5.41, 5.74) is 1.28. The Bertz CT molecular complexity index is 842. The van der Waals surface area contributed by atoms with Crippen LogP contribution in [0.5, 0.6) is 0 Å². The molecule has 7 nitrogen and oxygen atoms in total. The van der Waals surface area contributed by atoms with Gasteiger partial charge in [0.1, 0.15) is 17.3 Å². The molecular weight excluding hydrogens is 347 g/mol. The SMILES string of the molecule is CN/C(=C(/Cl)C=N)N1CC(C(=O)NCc2cnc3cc(F)ccn23)C1. The van der Waals surface area contributed by atoms with Crippen LogP contribution in [-0.2, 0) is 11.3 Å². The summed E-state index contributed by atoms with van der Waals surface area (Å²) in [4.78, 5) is 18.3. The summed E-state index contributed by atoms with van der Waals surface area (Å²) in [7, 11) is 1.72. The van der Waals surface area contributed by atoms with E-state index < -0.39 is 0 Å². The molecule has 1 fully saturated rings. The van der Waals surface area contributed by atoms with Gasteiger partial charge in [0, 0.05) is 38.6 Å². The number of carbonyl (C=O) groups excluding carboxylic acids is 1. The predicted molar refractivity (Wildman–Crippen MR) is 92.8 cm³/mol. The Hall–Kier alpha value is -2.61. The fourth-order valence-electron chi connectivity index (χ4n) is 2.79. The van der Waals surface area contributed by atoms with Gasteiger partial charge in [0.15, 0.2) is 0 Å². The molecule has 0 bridgehead atoms. The van der Waals surface area contributed by atoms with Gasteiger partial charge in [-0.15, -0.1) is 0 Å². The number of hydrogen-bond acceptors (Lipinski definition) is 5. The van der Waals surface area contributed by atoms with E-state index in [9.17, 15) is 9.18 Å². The lowest BCUT2D eigenvalue weighted by atomic mass is 9.99. The number of allylic oxidation sites excluding steroid dienone is 1. The molecule has 3 heterocycles. The van der Waals surface area contributed by atoms with Crippen LogP contribution in [0, 0.1) is 17.1 Å². The van der Waals surface area contributed by atoms with Gasteiger partial charge in [0.2, 0.25) is 5.91 Å². The number of imidazole rings is 1. The molecule has 1 saturated heterocycles. The van der Waals surface area contributed by atoms with Crippen LogP contribution in [0.1, 0.15) is 5.69 Å². The highest BCUT2D eigenvalue weighted by molar-refractivity contribution is 6.39. The van der Waals surface area contributed by atoms with E-state index in [-0.39, 0.29) is 17.6 Å². The van der Waals surface area contributed by atoms with E-state index in [2.05, 4.69) is 15.6 Å². The molecule has 1 amide bonds. The number of fused-ring (bicyclic) bond motifs is 1. The molecule has 0 aromatic carbocycles. The molecule has 0 atom stereocenters. The van der Waals surface area contributed by atoms with Crippen molar-refractivity contribution in [1.82, 2.24) is 24.9 Å². The number of nitrogens with zero attached hydrogens (tertiary/aromatic N) is 3. The van der Waals surface area contributed by atoms with E-state index in [1.807, 2.05) is 4.90 Å². The summed E-state index contributed by atoms with van der Waals surface area (Å²) in [6, 6.07) is 2.69. The van der Waals surface area contributed by atoms with Crippen molar-refractivity contribution in [2.24, 2.45) is 5.92 Å². The van der Waals surface area contributed by atoms with Crippen LogP contribution in [0.25, 0.3) is 5.65 Å². The zero-order valence-corrected chi connectivity index (χ0v) is 14.3. The number of likely N-dealkylation sites (tertiary alicyclic amines) is 1. The molecule has 0 aliphatic carbocycles. The number of pyridine rings is 1. The first-order valence-corrected chi connectivity index (χ1v) is 8.13. The minimum atomic E-state index is -0.347. The number of aromatic nitrogens is 2. The van der Waals surface area contributed by atoms with Gasteiger partial charge in [-0.1, -0.05) is 11.6 Å². The molecule has 2 aromatic heterocycles. The van der Waals surface area contributed by atoms with Gasteiger partial charge in [-0.2, -0.15) is 0 Å². The summed E-state index contributed by atoms with van der Waals surface area (Å²) < 4.78 is 14.9. The van der Waals surface area contributed by atoms with E-state index in [0.29, 0.717) is 36.1 Å². The van der Waals surface area contributed by atoms with E-state index in [1.54, 1.807) is 23.8 Å². The predicted octanol–water partition coefficient (Wildman–Crippen LogP) is 1.30. The van der Waals surface area contributed by atoms with Gasteiger partial charge in [-0.05, 0) is 6.07 Å². The molecule has 0 unspecified atom stereocenters. The number of carbonyl (C=O) groups is 1. The number of nitrogens with one attached hydrogen (secondary N) is 3. The average molecular weight is 365 g/mol. The lowest BCUT2D eigenvalue weighted by Crippen LogP contribution is -2.54. The highest BCUT2D eigenvalue weighted by atomic mass is 35.5. The van der Waals surface area contributed by atoms with Gasteiger partial charge in [-0.25, -0.2) is 9.37 Å². The van der Waals surface area contributed by atoms with Gasteiger partial charge in [0.25, 0.3) is 0 Å². The average Bonchev–Trinajstić information content (AvgIpc) is 2.96. The molecule has 1 aliphatic rings. The van der Waals surface area contributed by atoms with Crippen LogP contribution in [0.2, 0.25) is 0 Å². The second-order valence-corrected chi connectivity index (χ2v) is 6.14. The fraction of sp³-hybridized carbons (Fsp3) is 0.312. The molecule has 132 valence electrons. The van der Waals surface area contributed by atoms with Gasteiger partial charge in [-0.3, -0.25) is 4.79 Å². The topological polar surface area (TPSA) is 85.5 Å². The summed E-state index contributed by atoms with van der Waals surface area (Å²) in [5.74, 6) is 0.0923. The summed E-state index contributed by atoms with van der Waals surface area (Å²) in [5, 5.41) is 13.3. The molecule has 2 aromatic rings. The Morgan fingerprint density at radius 2 is 2.32 bits per heavy atom. The number of halogens is 2. The molecule has 0 spiro atoms. The quantitative estimate of drug-likeness (QED) is 0.674. The van der Waals surface area contributed by atoms with Gasteiger partial charge >= 0.3 is 0 Å². The third-order valence-corrected chi connectivity index (χ3v) is 4.44. The Balaban J connectivity index is 1.56. The number of amides is 1. The maximum absolute atomic E-state index is 13.2. The van der Waals surface area contributed by atoms with Gasteiger partial charge < -0.3 is 25.3 Å². The maximum Gasteiger partial charge on any atom is 0.227 e. The van der Waals surface area contributed by atoms with E-state index in [0.717, 1.165) is 11.9 Å². The van der Waals surface area contributed by atoms with Crippen molar-refractivity contribution in [3.05, 3.63) is 46.9 Å². The first-order chi connectivity index (χ1) is 12.0. The van der Waals surface area contributed by atoms with Crippen LogP contribution in [0.4, 0.5) is 4.39 Å². The smallest absolute Gasteiger partial charge is 0.227 e. The van der Waals surface area contributed by atoms with Crippen LogP contribution in [-0.4, -0.2) is 46.5 Å². The second-order valence-electron chi connectivity index (χ2n) is 5.73. The van der Waals surface area contributed by atoms with E-state index in [1.165, 1.54) is 12.1 Å². The van der Waals surface area contributed by atoms with Crippen LogP contribution >= 0.6 is 11.6 Å². The first-order valence-electron chi connectivity index (χ1n) is 7.75. The third-order valence-electron chi connectivity index (χ3n) is 4.15. The van der Waals surface area contributed by atoms with Crippen molar-refractivity contribution in [1.29, 1.82) is 5.41 Å². The van der Waals surface area contributed by atoms with Crippen LogP contribution in [0.15, 0.2) is 35.4 Å².